The van der Waals surface area contributed by atoms with Crippen LogP contribution in [0.5, 0.6) is 11.5 Å². The third-order valence-corrected chi connectivity index (χ3v) is 7.11. The van der Waals surface area contributed by atoms with E-state index in [1.807, 2.05) is 42.5 Å². The van der Waals surface area contributed by atoms with Crippen LogP contribution in [-0.2, 0) is 19.4 Å². The molecule has 1 atom stereocenters. The van der Waals surface area contributed by atoms with Crippen molar-refractivity contribution in [2.45, 2.75) is 38.9 Å². The first-order chi connectivity index (χ1) is 16.5. The molecule has 0 heterocycles. The summed E-state index contributed by atoms with van der Waals surface area (Å²) in [6.07, 6.45) is 2.71. The second-order valence-corrected chi connectivity index (χ2v) is 9.97. The van der Waals surface area contributed by atoms with Gasteiger partial charge < -0.3 is 9.47 Å². The smallest absolute Gasteiger partial charge is 0.125 e. The quantitative estimate of drug-likeness (QED) is 0.212. The van der Waals surface area contributed by atoms with Crippen molar-refractivity contribution in [3.8, 4) is 11.5 Å². The molecule has 1 aliphatic rings. The van der Waals surface area contributed by atoms with Crippen molar-refractivity contribution in [3.05, 3.63) is 128 Å². The van der Waals surface area contributed by atoms with Gasteiger partial charge in [0, 0.05) is 21.1 Å². The SMILES string of the molecule is Cc1cc(I)c2c(c1)CCC2Oc1ccc(OCc2ccccc2)c(Cc2ccc(F)cc2)c1. The van der Waals surface area contributed by atoms with E-state index in [-0.39, 0.29) is 11.9 Å². The maximum absolute atomic E-state index is 13.4. The fraction of sp³-hybridized carbons (Fsp3) is 0.200. The molecule has 0 amide bonds. The van der Waals surface area contributed by atoms with Crippen LogP contribution < -0.4 is 9.47 Å². The minimum absolute atomic E-state index is 0.0530. The van der Waals surface area contributed by atoms with Crippen LogP contribution in [0.4, 0.5) is 4.39 Å². The van der Waals surface area contributed by atoms with Crippen LogP contribution in [0.15, 0.2) is 84.9 Å². The first kappa shape index (κ1) is 22.9. The maximum Gasteiger partial charge on any atom is 0.125 e. The highest BCUT2D eigenvalue weighted by atomic mass is 127. The van der Waals surface area contributed by atoms with E-state index in [2.05, 4.69) is 59.8 Å². The summed E-state index contributed by atoms with van der Waals surface area (Å²) in [5.41, 5.74) is 7.17. The van der Waals surface area contributed by atoms with Gasteiger partial charge in [-0.05, 0) is 101 Å². The van der Waals surface area contributed by atoms with Gasteiger partial charge in [0.25, 0.3) is 0 Å². The van der Waals surface area contributed by atoms with E-state index < -0.39 is 0 Å². The van der Waals surface area contributed by atoms with E-state index in [1.54, 1.807) is 0 Å². The van der Waals surface area contributed by atoms with E-state index in [9.17, 15) is 4.39 Å². The van der Waals surface area contributed by atoms with Gasteiger partial charge in [-0.2, -0.15) is 0 Å². The van der Waals surface area contributed by atoms with Crippen LogP contribution >= 0.6 is 22.6 Å². The molecule has 0 saturated heterocycles. The normalized spacial score (nSPS) is 14.6. The highest BCUT2D eigenvalue weighted by Gasteiger charge is 2.27. The molecule has 0 fully saturated rings. The van der Waals surface area contributed by atoms with Crippen LogP contribution in [0.25, 0.3) is 0 Å². The molecule has 5 rings (SSSR count). The lowest BCUT2D eigenvalue weighted by molar-refractivity contribution is 0.206. The number of hydrogen-bond donors (Lipinski definition) is 0. The summed E-state index contributed by atoms with van der Waals surface area (Å²) in [5.74, 6) is 1.42. The van der Waals surface area contributed by atoms with Gasteiger partial charge in [0.2, 0.25) is 0 Å². The fourth-order valence-corrected chi connectivity index (χ4v) is 5.76. The molecule has 0 N–H and O–H groups in total. The lowest BCUT2D eigenvalue weighted by Crippen LogP contribution is -2.06. The summed E-state index contributed by atoms with van der Waals surface area (Å²) in [5, 5.41) is 0. The monoisotopic (exact) mass is 564 g/mol. The Morgan fingerprint density at radius 1 is 0.912 bits per heavy atom. The molecule has 0 saturated carbocycles. The van der Waals surface area contributed by atoms with Gasteiger partial charge in [-0.3, -0.25) is 0 Å². The zero-order chi connectivity index (χ0) is 23.5. The van der Waals surface area contributed by atoms with Crippen molar-refractivity contribution in [2.24, 2.45) is 0 Å². The minimum atomic E-state index is -0.230. The second kappa shape index (κ2) is 10.2. The van der Waals surface area contributed by atoms with Gasteiger partial charge in [0.05, 0.1) is 0 Å². The largest absolute Gasteiger partial charge is 0.489 e. The topological polar surface area (TPSA) is 18.5 Å². The molecule has 0 aromatic heterocycles. The predicted molar refractivity (Wildman–Crippen MR) is 142 cm³/mol. The molecule has 4 aromatic rings. The first-order valence-electron chi connectivity index (χ1n) is 11.5. The average Bonchev–Trinajstić information content (AvgIpc) is 3.23. The average molecular weight is 564 g/mol. The summed E-state index contributed by atoms with van der Waals surface area (Å²) >= 11 is 2.43. The number of benzene rings is 4. The Balaban J connectivity index is 1.41. The lowest BCUT2D eigenvalue weighted by Gasteiger charge is -2.19. The number of ether oxygens (including phenoxy) is 2. The Hall–Kier alpha value is -2.86. The van der Waals surface area contributed by atoms with Crippen molar-refractivity contribution in [1.82, 2.24) is 0 Å². The fourth-order valence-electron chi connectivity index (χ4n) is 4.57. The third-order valence-electron chi connectivity index (χ3n) is 6.21. The molecule has 0 spiro atoms. The van der Waals surface area contributed by atoms with E-state index in [0.717, 1.165) is 41.0 Å². The molecular weight excluding hydrogens is 538 g/mol. The van der Waals surface area contributed by atoms with Gasteiger partial charge in [0.1, 0.15) is 30.0 Å². The number of hydrogen-bond acceptors (Lipinski definition) is 2. The van der Waals surface area contributed by atoms with E-state index in [4.69, 9.17) is 9.47 Å². The molecule has 34 heavy (non-hydrogen) atoms. The zero-order valence-electron chi connectivity index (χ0n) is 19.1. The minimum Gasteiger partial charge on any atom is -0.489 e. The molecule has 4 heteroatoms. The molecule has 1 unspecified atom stereocenters. The van der Waals surface area contributed by atoms with Gasteiger partial charge in [-0.1, -0.05) is 48.5 Å². The van der Waals surface area contributed by atoms with Gasteiger partial charge in [0.15, 0.2) is 0 Å². The summed E-state index contributed by atoms with van der Waals surface area (Å²) in [4.78, 5) is 0. The number of rotatable bonds is 7. The van der Waals surface area contributed by atoms with Crippen LogP contribution in [-0.4, -0.2) is 0 Å². The predicted octanol–water partition coefficient (Wildman–Crippen LogP) is 7.97. The Morgan fingerprint density at radius 3 is 2.50 bits per heavy atom. The highest BCUT2D eigenvalue weighted by molar-refractivity contribution is 14.1. The standard InChI is InChI=1S/C30H26FIO2/c1-20-15-23-9-13-29(30(23)27(32)16-20)34-26-12-14-28(33-19-22-5-3-2-4-6-22)24(18-26)17-21-7-10-25(31)11-8-21/h2-8,10-12,14-16,18,29H,9,13,17,19H2,1H3. The molecule has 1 aliphatic carbocycles. The summed E-state index contributed by atoms with van der Waals surface area (Å²) in [6.45, 7) is 2.64. The van der Waals surface area contributed by atoms with Crippen molar-refractivity contribution in [1.29, 1.82) is 0 Å². The molecule has 0 radical (unpaired) electrons. The van der Waals surface area contributed by atoms with E-state index >= 15 is 0 Å². The van der Waals surface area contributed by atoms with E-state index in [1.165, 1.54) is 32.4 Å². The maximum atomic E-state index is 13.4. The van der Waals surface area contributed by atoms with E-state index in [0.29, 0.717) is 13.0 Å². The second-order valence-electron chi connectivity index (χ2n) is 8.81. The van der Waals surface area contributed by atoms with Crippen molar-refractivity contribution < 1.29 is 13.9 Å². The summed E-state index contributed by atoms with van der Waals surface area (Å²) < 4.78 is 27.4. The van der Waals surface area contributed by atoms with Gasteiger partial charge in [-0.15, -0.1) is 0 Å². The molecule has 0 bridgehead atoms. The Morgan fingerprint density at radius 2 is 1.71 bits per heavy atom. The number of halogens is 2. The van der Waals surface area contributed by atoms with Crippen LogP contribution in [0.3, 0.4) is 0 Å². The third kappa shape index (κ3) is 5.27. The lowest BCUT2D eigenvalue weighted by atomic mass is 10.0. The van der Waals surface area contributed by atoms with Crippen LogP contribution in [0.1, 0.15) is 45.9 Å². The van der Waals surface area contributed by atoms with Crippen molar-refractivity contribution >= 4 is 22.6 Å². The van der Waals surface area contributed by atoms with Crippen LogP contribution in [0, 0.1) is 16.3 Å². The number of aryl methyl sites for hydroxylation is 2. The van der Waals surface area contributed by atoms with Crippen molar-refractivity contribution in [2.75, 3.05) is 0 Å². The Labute approximate surface area is 213 Å². The van der Waals surface area contributed by atoms with Gasteiger partial charge in [-0.25, -0.2) is 4.39 Å². The molecule has 172 valence electrons. The van der Waals surface area contributed by atoms with Gasteiger partial charge >= 0.3 is 0 Å². The molecule has 0 aliphatic heterocycles. The first-order valence-corrected chi connectivity index (χ1v) is 12.6. The molecule has 4 aromatic carbocycles. The highest BCUT2D eigenvalue weighted by Crippen LogP contribution is 2.39. The van der Waals surface area contributed by atoms with Crippen molar-refractivity contribution in [3.63, 3.8) is 0 Å². The number of fused-ring (bicyclic) bond motifs is 1. The molecular formula is C30H26FIO2. The zero-order valence-corrected chi connectivity index (χ0v) is 21.2. The summed E-state index contributed by atoms with van der Waals surface area (Å²) in [7, 11) is 0. The Bertz CT molecular complexity index is 1290. The molecule has 2 nitrogen and oxygen atoms in total. The van der Waals surface area contributed by atoms with Crippen LogP contribution in [0.2, 0.25) is 0 Å². The Kier molecular flexibility index (Phi) is 6.86. The summed E-state index contributed by atoms with van der Waals surface area (Å²) in [6, 6.07) is 27.3.